The van der Waals surface area contributed by atoms with Crippen LogP contribution in [0.3, 0.4) is 0 Å². The van der Waals surface area contributed by atoms with Crippen molar-refractivity contribution in [3.8, 4) is 0 Å². The third kappa shape index (κ3) is 600. The second-order valence-corrected chi connectivity index (χ2v) is 2.39. The highest BCUT2D eigenvalue weighted by atomic mass is 32.3. The molecule has 6 nitrogen and oxygen atoms in total. The predicted octanol–water partition coefficient (Wildman–Crippen LogP) is -0.391. The van der Waals surface area contributed by atoms with Crippen LogP contribution in [0.4, 0.5) is 0 Å². The van der Waals surface area contributed by atoms with Crippen LogP contribution in [0.5, 0.6) is 0 Å². The van der Waals surface area contributed by atoms with Crippen molar-refractivity contribution in [2.45, 2.75) is 0 Å². The first-order valence-electron chi connectivity index (χ1n) is 3.15. The van der Waals surface area contributed by atoms with Crippen molar-refractivity contribution < 1.29 is 17.5 Å². The number of hydrogen-bond acceptors (Lipinski definition) is 4. The molecule has 0 aliphatic rings. The molecule has 0 amide bonds. The first-order valence-corrected chi connectivity index (χ1v) is 4.54. The molecule has 13 heavy (non-hydrogen) atoms. The molecule has 0 aromatic rings. The zero-order valence-corrected chi connectivity index (χ0v) is 8.07. The van der Waals surface area contributed by atoms with Gasteiger partial charge < -0.3 is 11.5 Å². The molecule has 0 rings (SSSR count). The monoisotopic (exact) mass is 212 g/mol. The summed E-state index contributed by atoms with van der Waals surface area (Å²) in [4.78, 5) is 0. The molecule has 0 spiro atoms. The maximum Gasteiger partial charge on any atom is 0.394 e. The molecule has 0 aromatic carbocycles. The average molecular weight is 212 g/mol. The standard InChI is InChI=1S/2C3H7N.H2O4S/c2*1-2-3-4;1-5(2,3)4/h2*2H,1,3-4H2;(H2,1,2,3,4). The van der Waals surface area contributed by atoms with Gasteiger partial charge in [0, 0.05) is 13.1 Å². The van der Waals surface area contributed by atoms with Crippen molar-refractivity contribution in [2.24, 2.45) is 11.5 Å². The lowest BCUT2D eigenvalue weighted by Crippen LogP contribution is -1.90. The molecular formula is C6H16N2O4S. The van der Waals surface area contributed by atoms with Crippen LogP contribution >= 0.6 is 0 Å². The minimum absolute atomic E-state index is 0.583. The van der Waals surface area contributed by atoms with Gasteiger partial charge in [-0.3, -0.25) is 9.11 Å². The first kappa shape index (κ1) is 18.1. The summed E-state index contributed by atoms with van der Waals surface area (Å²) in [6.07, 6.45) is 3.31. The van der Waals surface area contributed by atoms with Gasteiger partial charge >= 0.3 is 10.4 Å². The fourth-order valence-corrected chi connectivity index (χ4v) is 0. The number of nitrogens with two attached hydrogens (primary N) is 2. The molecule has 0 atom stereocenters. The van der Waals surface area contributed by atoms with E-state index < -0.39 is 10.4 Å². The summed E-state index contributed by atoms with van der Waals surface area (Å²) in [5.41, 5.74) is 9.82. The Labute approximate surface area is 78.5 Å². The highest BCUT2D eigenvalue weighted by Gasteiger charge is 1.84. The maximum absolute atomic E-state index is 8.74. The van der Waals surface area contributed by atoms with Gasteiger partial charge in [-0.05, 0) is 0 Å². The summed E-state index contributed by atoms with van der Waals surface area (Å²) in [7, 11) is -4.67. The van der Waals surface area contributed by atoms with E-state index in [2.05, 4.69) is 13.2 Å². The van der Waals surface area contributed by atoms with Crippen molar-refractivity contribution >= 4 is 10.4 Å². The van der Waals surface area contributed by atoms with E-state index in [9.17, 15) is 0 Å². The molecule has 0 aromatic heterocycles. The Kier molecular flexibility index (Phi) is 19.3. The van der Waals surface area contributed by atoms with Gasteiger partial charge in [0.05, 0.1) is 0 Å². The van der Waals surface area contributed by atoms with Crippen LogP contribution in [-0.2, 0) is 10.4 Å². The van der Waals surface area contributed by atoms with Gasteiger partial charge in [0.25, 0.3) is 0 Å². The normalized spacial score (nSPS) is 8.31. The van der Waals surface area contributed by atoms with Gasteiger partial charge in [-0.25, -0.2) is 0 Å². The molecule has 0 aliphatic heterocycles. The van der Waals surface area contributed by atoms with E-state index in [4.69, 9.17) is 29.0 Å². The van der Waals surface area contributed by atoms with Crippen molar-refractivity contribution in [1.29, 1.82) is 0 Å². The van der Waals surface area contributed by atoms with Crippen molar-refractivity contribution in [3.63, 3.8) is 0 Å². The zero-order valence-electron chi connectivity index (χ0n) is 7.26. The minimum atomic E-state index is -4.67. The largest absolute Gasteiger partial charge is 0.394 e. The molecule has 0 saturated carbocycles. The lowest BCUT2D eigenvalue weighted by Gasteiger charge is -1.68. The molecule has 7 heteroatoms. The molecule has 0 heterocycles. The van der Waals surface area contributed by atoms with Gasteiger partial charge in [0.1, 0.15) is 0 Å². The topological polar surface area (TPSA) is 127 Å². The summed E-state index contributed by atoms with van der Waals surface area (Å²) in [6.45, 7) is 7.87. The highest BCUT2D eigenvalue weighted by Crippen LogP contribution is 1.59. The third-order valence-electron chi connectivity index (χ3n) is 0.333. The van der Waals surface area contributed by atoms with E-state index >= 15 is 0 Å². The zero-order chi connectivity index (χ0) is 11.3. The van der Waals surface area contributed by atoms with Crippen LogP contribution in [0.25, 0.3) is 0 Å². The molecule has 0 unspecified atom stereocenters. The summed E-state index contributed by atoms with van der Waals surface area (Å²) in [5, 5.41) is 0. The van der Waals surface area contributed by atoms with E-state index in [0.29, 0.717) is 13.1 Å². The summed E-state index contributed by atoms with van der Waals surface area (Å²) < 4.78 is 31.6. The highest BCUT2D eigenvalue weighted by molar-refractivity contribution is 7.79. The summed E-state index contributed by atoms with van der Waals surface area (Å²) >= 11 is 0. The Bertz CT molecular complexity index is 185. The first-order chi connectivity index (χ1) is 5.83. The van der Waals surface area contributed by atoms with Crippen LogP contribution in [0.1, 0.15) is 0 Å². The van der Waals surface area contributed by atoms with Crippen LogP contribution < -0.4 is 11.5 Å². The quantitative estimate of drug-likeness (QED) is 0.364. The number of rotatable bonds is 2. The van der Waals surface area contributed by atoms with Gasteiger partial charge in [-0.1, -0.05) is 12.2 Å². The van der Waals surface area contributed by atoms with E-state index in [1.807, 2.05) is 0 Å². The molecular weight excluding hydrogens is 196 g/mol. The Morgan fingerprint density at radius 3 is 1.15 bits per heavy atom. The number of hydrogen-bond donors (Lipinski definition) is 4. The third-order valence-corrected chi connectivity index (χ3v) is 0.333. The fourth-order valence-electron chi connectivity index (χ4n) is 0. The molecule has 0 aliphatic carbocycles. The molecule has 0 fully saturated rings. The van der Waals surface area contributed by atoms with Gasteiger partial charge in [0.2, 0.25) is 0 Å². The SMILES string of the molecule is C=CCN.C=CCN.O=S(=O)(O)O. The molecule has 80 valence electrons. The molecule has 0 bridgehead atoms. The predicted molar refractivity (Wildman–Crippen MR) is 52.7 cm³/mol. The second-order valence-electron chi connectivity index (χ2n) is 1.50. The van der Waals surface area contributed by atoms with Crippen molar-refractivity contribution in [3.05, 3.63) is 25.3 Å². The lowest BCUT2D eigenvalue weighted by atomic mass is 10.7. The van der Waals surface area contributed by atoms with Gasteiger partial charge in [0.15, 0.2) is 0 Å². The maximum atomic E-state index is 8.74. The Hall–Kier alpha value is -0.730. The summed E-state index contributed by atoms with van der Waals surface area (Å²) in [6, 6.07) is 0. The van der Waals surface area contributed by atoms with E-state index in [1.54, 1.807) is 12.2 Å². The molecule has 0 radical (unpaired) electrons. The van der Waals surface area contributed by atoms with E-state index in [1.165, 1.54) is 0 Å². The van der Waals surface area contributed by atoms with E-state index in [-0.39, 0.29) is 0 Å². The average Bonchev–Trinajstić information content (AvgIpc) is 2.01. The Balaban J connectivity index is -0.000000117. The van der Waals surface area contributed by atoms with Gasteiger partial charge in [-0.15, -0.1) is 13.2 Å². The molecule has 6 N–H and O–H groups in total. The van der Waals surface area contributed by atoms with Crippen molar-refractivity contribution in [2.75, 3.05) is 13.1 Å². The Morgan fingerprint density at radius 2 is 1.15 bits per heavy atom. The Morgan fingerprint density at radius 1 is 1.08 bits per heavy atom. The van der Waals surface area contributed by atoms with E-state index in [0.717, 1.165) is 0 Å². The lowest BCUT2D eigenvalue weighted by molar-refractivity contribution is 0.381. The fraction of sp³-hybridized carbons (Fsp3) is 0.333. The minimum Gasteiger partial charge on any atom is -0.327 e. The van der Waals surface area contributed by atoms with Crippen molar-refractivity contribution in [1.82, 2.24) is 0 Å². The van der Waals surface area contributed by atoms with Crippen LogP contribution in [0.2, 0.25) is 0 Å². The van der Waals surface area contributed by atoms with Gasteiger partial charge in [-0.2, -0.15) is 8.42 Å². The van der Waals surface area contributed by atoms with Crippen LogP contribution in [-0.4, -0.2) is 30.6 Å². The molecule has 0 saturated heterocycles. The second kappa shape index (κ2) is 13.8. The smallest absolute Gasteiger partial charge is 0.327 e. The van der Waals surface area contributed by atoms with Crippen LogP contribution in [0, 0.1) is 0 Å². The summed E-state index contributed by atoms with van der Waals surface area (Å²) in [5.74, 6) is 0. The van der Waals surface area contributed by atoms with Crippen LogP contribution in [0.15, 0.2) is 25.3 Å².